The number of benzene rings is 1. The van der Waals surface area contributed by atoms with Crippen LogP contribution in [0.3, 0.4) is 0 Å². The Hall–Kier alpha value is -2.04. The molecule has 3 rings (SSSR count). The Morgan fingerprint density at radius 3 is 3.00 bits per heavy atom. The second kappa shape index (κ2) is 3.23. The highest BCUT2D eigenvalue weighted by molar-refractivity contribution is 5.92. The molecule has 82 valence electrons. The molecule has 1 heterocycles. The number of aromatic nitrogens is 1. The fraction of sp³-hybridized carbons (Fsp3) is 0.273. The number of carbonyl (C=O) groups is 1. The Morgan fingerprint density at radius 1 is 1.50 bits per heavy atom. The SMILES string of the molecule is O=C(O)c1ccc2nc(NC3CC3)oc2c1. The van der Waals surface area contributed by atoms with Gasteiger partial charge in [-0.05, 0) is 31.0 Å². The van der Waals surface area contributed by atoms with Crippen molar-refractivity contribution < 1.29 is 14.3 Å². The molecule has 0 bridgehead atoms. The number of anilines is 1. The second-order valence-corrected chi connectivity index (χ2v) is 3.93. The van der Waals surface area contributed by atoms with Crippen molar-refractivity contribution in [3.63, 3.8) is 0 Å². The monoisotopic (exact) mass is 218 g/mol. The molecule has 5 heteroatoms. The molecule has 1 aromatic carbocycles. The summed E-state index contributed by atoms with van der Waals surface area (Å²) < 4.78 is 5.42. The molecule has 0 unspecified atom stereocenters. The fourth-order valence-electron chi connectivity index (χ4n) is 1.52. The molecule has 0 radical (unpaired) electrons. The van der Waals surface area contributed by atoms with E-state index in [1.807, 2.05) is 0 Å². The van der Waals surface area contributed by atoms with Crippen molar-refractivity contribution in [1.82, 2.24) is 4.98 Å². The number of carboxylic acids is 1. The minimum Gasteiger partial charge on any atom is -0.478 e. The minimum absolute atomic E-state index is 0.210. The Kier molecular flexibility index (Phi) is 1.86. The van der Waals surface area contributed by atoms with Gasteiger partial charge in [-0.1, -0.05) is 0 Å². The average Bonchev–Trinajstić information content (AvgIpc) is 2.96. The maximum absolute atomic E-state index is 10.8. The van der Waals surface area contributed by atoms with Crippen LogP contribution >= 0.6 is 0 Å². The largest absolute Gasteiger partial charge is 0.478 e. The molecular formula is C11H10N2O3. The van der Waals surface area contributed by atoms with Gasteiger partial charge >= 0.3 is 5.97 Å². The smallest absolute Gasteiger partial charge is 0.335 e. The first-order valence-electron chi connectivity index (χ1n) is 5.13. The van der Waals surface area contributed by atoms with Crippen LogP contribution in [-0.2, 0) is 0 Å². The van der Waals surface area contributed by atoms with Crippen molar-refractivity contribution in [1.29, 1.82) is 0 Å². The second-order valence-electron chi connectivity index (χ2n) is 3.93. The number of carboxylic acid groups (broad SMARTS) is 1. The Labute approximate surface area is 91.1 Å². The normalized spacial score (nSPS) is 15.2. The quantitative estimate of drug-likeness (QED) is 0.825. The van der Waals surface area contributed by atoms with Crippen LogP contribution in [-0.4, -0.2) is 22.1 Å². The first-order chi connectivity index (χ1) is 7.72. The third-order valence-corrected chi connectivity index (χ3v) is 2.54. The highest BCUT2D eigenvalue weighted by atomic mass is 16.4. The van der Waals surface area contributed by atoms with Crippen LogP contribution in [0.1, 0.15) is 23.2 Å². The van der Waals surface area contributed by atoms with Crippen molar-refractivity contribution in [2.45, 2.75) is 18.9 Å². The van der Waals surface area contributed by atoms with E-state index < -0.39 is 5.97 Å². The highest BCUT2D eigenvalue weighted by Gasteiger charge is 2.23. The Balaban J connectivity index is 1.99. The first-order valence-corrected chi connectivity index (χ1v) is 5.13. The van der Waals surface area contributed by atoms with Gasteiger partial charge in [0.2, 0.25) is 0 Å². The van der Waals surface area contributed by atoms with Crippen LogP contribution in [0.15, 0.2) is 22.6 Å². The number of nitrogens with zero attached hydrogens (tertiary/aromatic N) is 1. The van der Waals surface area contributed by atoms with Gasteiger partial charge in [0.05, 0.1) is 5.56 Å². The number of oxazole rings is 1. The highest BCUT2D eigenvalue weighted by Crippen LogP contribution is 2.26. The van der Waals surface area contributed by atoms with E-state index in [1.165, 1.54) is 12.1 Å². The topological polar surface area (TPSA) is 75.4 Å². The van der Waals surface area contributed by atoms with E-state index in [-0.39, 0.29) is 5.56 Å². The van der Waals surface area contributed by atoms with Crippen LogP contribution in [0, 0.1) is 0 Å². The Bertz CT molecular complexity index is 557. The van der Waals surface area contributed by atoms with Gasteiger partial charge in [-0.15, -0.1) is 0 Å². The summed E-state index contributed by atoms with van der Waals surface area (Å²) in [6.07, 6.45) is 2.28. The molecule has 1 fully saturated rings. The minimum atomic E-state index is -0.963. The molecule has 1 aliphatic carbocycles. The third-order valence-electron chi connectivity index (χ3n) is 2.54. The van der Waals surface area contributed by atoms with Crippen LogP contribution < -0.4 is 5.32 Å². The summed E-state index contributed by atoms with van der Waals surface area (Å²) in [5.74, 6) is -0.963. The van der Waals surface area contributed by atoms with Gasteiger partial charge in [-0.3, -0.25) is 0 Å². The van der Waals surface area contributed by atoms with Crippen LogP contribution in [0.4, 0.5) is 6.01 Å². The van der Waals surface area contributed by atoms with Crippen molar-refractivity contribution in [2.24, 2.45) is 0 Å². The van der Waals surface area contributed by atoms with E-state index in [1.54, 1.807) is 6.07 Å². The number of fused-ring (bicyclic) bond motifs is 1. The molecule has 2 aromatic rings. The van der Waals surface area contributed by atoms with E-state index in [0.717, 1.165) is 12.8 Å². The van der Waals surface area contributed by atoms with E-state index >= 15 is 0 Å². The van der Waals surface area contributed by atoms with E-state index in [0.29, 0.717) is 23.2 Å². The van der Waals surface area contributed by atoms with Crippen molar-refractivity contribution in [3.8, 4) is 0 Å². The molecule has 2 N–H and O–H groups in total. The standard InChI is InChI=1S/C11H10N2O3/c14-10(15)6-1-4-8-9(5-6)16-11(13-8)12-7-2-3-7/h1,4-5,7H,2-3H2,(H,12,13)(H,14,15). The van der Waals surface area contributed by atoms with Crippen LogP contribution in [0.5, 0.6) is 0 Å². The zero-order valence-electron chi connectivity index (χ0n) is 8.43. The molecule has 0 saturated heterocycles. The van der Waals surface area contributed by atoms with Gasteiger partial charge in [0.1, 0.15) is 5.52 Å². The fourth-order valence-corrected chi connectivity index (χ4v) is 1.52. The van der Waals surface area contributed by atoms with Gasteiger partial charge in [0, 0.05) is 6.04 Å². The molecular weight excluding hydrogens is 208 g/mol. The number of hydrogen-bond acceptors (Lipinski definition) is 4. The van der Waals surface area contributed by atoms with Crippen LogP contribution in [0.2, 0.25) is 0 Å². The average molecular weight is 218 g/mol. The summed E-state index contributed by atoms with van der Waals surface area (Å²) in [7, 11) is 0. The molecule has 0 spiro atoms. The van der Waals surface area contributed by atoms with Gasteiger partial charge in [-0.25, -0.2) is 4.79 Å². The maximum atomic E-state index is 10.8. The number of hydrogen-bond donors (Lipinski definition) is 2. The van der Waals surface area contributed by atoms with Crippen molar-refractivity contribution in [2.75, 3.05) is 5.32 Å². The number of nitrogens with one attached hydrogen (secondary N) is 1. The maximum Gasteiger partial charge on any atom is 0.335 e. The van der Waals surface area contributed by atoms with E-state index in [2.05, 4.69) is 10.3 Å². The van der Waals surface area contributed by atoms with Crippen molar-refractivity contribution >= 4 is 23.1 Å². The summed E-state index contributed by atoms with van der Waals surface area (Å²) in [5, 5.41) is 12.0. The molecule has 5 nitrogen and oxygen atoms in total. The lowest BCUT2D eigenvalue weighted by Crippen LogP contribution is -2.00. The van der Waals surface area contributed by atoms with Gasteiger partial charge in [0.15, 0.2) is 5.58 Å². The molecule has 0 atom stereocenters. The van der Waals surface area contributed by atoms with E-state index in [4.69, 9.17) is 9.52 Å². The zero-order chi connectivity index (χ0) is 11.1. The lowest BCUT2D eigenvalue weighted by Gasteiger charge is -1.94. The third kappa shape index (κ3) is 1.60. The van der Waals surface area contributed by atoms with Crippen LogP contribution in [0.25, 0.3) is 11.1 Å². The zero-order valence-corrected chi connectivity index (χ0v) is 8.43. The lowest BCUT2D eigenvalue weighted by molar-refractivity contribution is 0.0697. The summed E-state index contributed by atoms with van der Waals surface area (Å²) in [4.78, 5) is 15.0. The lowest BCUT2D eigenvalue weighted by atomic mass is 10.2. The molecule has 1 saturated carbocycles. The van der Waals surface area contributed by atoms with E-state index in [9.17, 15) is 4.79 Å². The van der Waals surface area contributed by atoms with Gasteiger partial charge < -0.3 is 14.8 Å². The van der Waals surface area contributed by atoms with Crippen molar-refractivity contribution in [3.05, 3.63) is 23.8 Å². The summed E-state index contributed by atoms with van der Waals surface area (Å²) in [6.45, 7) is 0. The van der Waals surface area contributed by atoms with Gasteiger partial charge in [-0.2, -0.15) is 4.98 Å². The summed E-state index contributed by atoms with van der Waals surface area (Å²) >= 11 is 0. The summed E-state index contributed by atoms with van der Waals surface area (Å²) in [5.41, 5.74) is 1.39. The number of aromatic carboxylic acids is 1. The predicted molar refractivity (Wildman–Crippen MR) is 57.6 cm³/mol. The number of rotatable bonds is 3. The predicted octanol–water partition coefficient (Wildman–Crippen LogP) is 2.10. The Morgan fingerprint density at radius 2 is 2.31 bits per heavy atom. The molecule has 1 aliphatic rings. The summed E-state index contributed by atoms with van der Waals surface area (Å²) in [6, 6.07) is 5.60. The molecule has 16 heavy (non-hydrogen) atoms. The molecule has 1 aromatic heterocycles. The van der Waals surface area contributed by atoms with Gasteiger partial charge in [0.25, 0.3) is 6.01 Å². The molecule has 0 aliphatic heterocycles. The first kappa shape index (κ1) is 9.21. The molecule has 0 amide bonds.